The van der Waals surface area contributed by atoms with Crippen LogP contribution in [0.5, 0.6) is 0 Å². The highest BCUT2D eigenvalue weighted by Crippen LogP contribution is 2.36. The fourth-order valence-corrected chi connectivity index (χ4v) is 3.05. The van der Waals surface area contributed by atoms with Gasteiger partial charge in [-0.2, -0.15) is 0 Å². The van der Waals surface area contributed by atoms with Crippen LogP contribution in [0.15, 0.2) is 24.3 Å². The molecule has 0 radical (unpaired) electrons. The Bertz CT molecular complexity index is 527. The maximum absolute atomic E-state index is 14.1. The monoisotopic (exact) mass is 290 g/mol. The van der Waals surface area contributed by atoms with Crippen LogP contribution in [0.4, 0.5) is 4.39 Å². The van der Waals surface area contributed by atoms with E-state index in [0.717, 1.165) is 13.0 Å². The zero-order valence-corrected chi connectivity index (χ0v) is 12.7. The Morgan fingerprint density at radius 1 is 1.33 bits per heavy atom. The van der Waals surface area contributed by atoms with Crippen LogP contribution < -0.4 is 5.32 Å². The minimum atomic E-state index is -0.317. The van der Waals surface area contributed by atoms with Gasteiger partial charge in [-0.15, -0.1) is 0 Å². The lowest BCUT2D eigenvalue weighted by Gasteiger charge is -2.24. The third-order valence-electron chi connectivity index (χ3n) is 4.31. The van der Waals surface area contributed by atoms with Crippen LogP contribution in [-0.2, 0) is 4.79 Å². The molecule has 0 spiro atoms. The van der Waals surface area contributed by atoms with Gasteiger partial charge < -0.3 is 4.90 Å². The van der Waals surface area contributed by atoms with Crippen molar-refractivity contribution in [3.63, 3.8) is 0 Å². The third-order valence-corrected chi connectivity index (χ3v) is 4.31. The Morgan fingerprint density at radius 2 is 2.05 bits per heavy atom. The molecule has 21 heavy (non-hydrogen) atoms. The molecule has 0 aromatic heterocycles. The first kappa shape index (κ1) is 14.5. The Labute approximate surface area is 125 Å². The predicted molar refractivity (Wildman–Crippen MR) is 80.0 cm³/mol. The molecule has 114 valence electrons. The fourth-order valence-electron chi connectivity index (χ4n) is 3.05. The van der Waals surface area contributed by atoms with Gasteiger partial charge in [-0.3, -0.25) is 10.1 Å². The number of carbonyl (C=O) groups excluding carboxylic acids is 1. The molecule has 1 aliphatic carbocycles. The Balaban J connectivity index is 1.85. The molecule has 2 unspecified atom stereocenters. The van der Waals surface area contributed by atoms with Gasteiger partial charge in [0.05, 0.1) is 6.04 Å². The lowest BCUT2D eigenvalue weighted by Crippen LogP contribution is -2.33. The number of nitrogens with one attached hydrogen (secondary N) is 1. The van der Waals surface area contributed by atoms with E-state index in [1.165, 1.54) is 18.9 Å². The first-order valence-electron chi connectivity index (χ1n) is 7.87. The van der Waals surface area contributed by atoms with Crippen molar-refractivity contribution in [3.05, 3.63) is 35.6 Å². The first-order valence-corrected chi connectivity index (χ1v) is 7.87. The van der Waals surface area contributed by atoms with E-state index in [-0.39, 0.29) is 23.9 Å². The highest BCUT2D eigenvalue weighted by molar-refractivity contribution is 5.84. The van der Waals surface area contributed by atoms with Crippen LogP contribution in [0.2, 0.25) is 0 Å². The number of benzene rings is 1. The van der Waals surface area contributed by atoms with Gasteiger partial charge in [0, 0.05) is 12.1 Å². The minimum Gasteiger partial charge on any atom is -0.321 e. The zero-order valence-electron chi connectivity index (χ0n) is 12.7. The summed E-state index contributed by atoms with van der Waals surface area (Å²) < 4.78 is 14.1. The number of nitrogens with zero attached hydrogens (tertiary/aromatic N) is 1. The third kappa shape index (κ3) is 3.10. The molecule has 1 heterocycles. The standard InChI is InChI=1S/C17H23FN2O/c1-11(2)9-15-17(21)20(10-12-7-8-12)16(19-15)13-5-3-4-6-14(13)18/h3-6,11-12,15-16,19H,7-10H2,1-2H3. The molecule has 1 aromatic rings. The van der Waals surface area contributed by atoms with E-state index in [4.69, 9.17) is 0 Å². The van der Waals surface area contributed by atoms with Crippen LogP contribution >= 0.6 is 0 Å². The number of carbonyl (C=O) groups is 1. The smallest absolute Gasteiger partial charge is 0.241 e. The number of rotatable bonds is 5. The Morgan fingerprint density at radius 3 is 2.67 bits per heavy atom. The van der Waals surface area contributed by atoms with Crippen molar-refractivity contribution < 1.29 is 9.18 Å². The van der Waals surface area contributed by atoms with Gasteiger partial charge in [0.25, 0.3) is 0 Å². The second kappa shape index (κ2) is 5.76. The molecule has 1 N–H and O–H groups in total. The van der Waals surface area contributed by atoms with Gasteiger partial charge in [0.15, 0.2) is 0 Å². The summed E-state index contributed by atoms with van der Waals surface area (Å²) in [5, 5.41) is 3.35. The molecular weight excluding hydrogens is 267 g/mol. The highest BCUT2D eigenvalue weighted by atomic mass is 19.1. The topological polar surface area (TPSA) is 32.3 Å². The number of halogens is 1. The van der Waals surface area contributed by atoms with Gasteiger partial charge in [-0.1, -0.05) is 32.0 Å². The molecule has 2 atom stereocenters. The summed E-state index contributed by atoms with van der Waals surface area (Å²) in [4.78, 5) is 14.5. The summed E-state index contributed by atoms with van der Waals surface area (Å²) in [6, 6.07) is 6.57. The van der Waals surface area contributed by atoms with Crippen LogP contribution in [0, 0.1) is 17.7 Å². The number of amides is 1. The predicted octanol–water partition coefficient (Wildman–Crippen LogP) is 3.08. The van der Waals surface area contributed by atoms with Crippen molar-refractivity contribution in [3.8, 4) is 0 Å². The molecular formula is C17H23FN2O. The maximum atomic E-state index is 14.1. The van der Waals surface area contributed by atoms with Gasteiger partial charge in [-0.25, -0.2) is 4.39 Å². The molecule has 1 amide bonds. The molecule has 0 bridgehead atoms. The van der Waals surface area contributed by atoms with E-state index >= 15 is 0 Å². The lowest BCUT2D eigenvalue weighted by atomic mass is 10.0. The van der Waals surface area contributed by atoms with Crippen LogP contribution in [0.1, 0.15) is 44.8 Å². The average Bonchev–Trinajstić information content (AvgIpc) is 3.20. The SMILES string of the molecule is CC(C)CC1NC(c2ccccc2F)N(CC2CC2)C1=O. The average molecular weight is 290 g/mol. The van der Waals surface area contributed by atoms with E-state index in [2.05, 4.69) is 19.2 Å². The molecule has 3 nitrogen and oxygen atoms in total. The van der Waals surface area contributed by atoms with Crippen molar-refractivity contribution in [1.29, 1.82) is 0 Å². The summed E-state index contributed by atoms with van der Waals surface area (Å²) in [7, 11) is 0. The quantitative estimate of drug-likeness (QED) is 0.904. The van der Waals surface area contributed by atoms with Gasteiger partial charge >= 0.3 is 0 Å². The Kier molecular flexibility index (Phi) is 3.98. The minimum absolute atomic E-state index is 0.129. The van der Waals surface area contributed by atoms with Crippen molar-refractivity contribution in [1.82, 2.24) is 10.2 Å². The molecule has 2 aliphatic rings. The summed E-state index contributed by atoms with van der Waals surface area (Å²) in [5.41, 5.74) is 0.581. The van der Waals surface area contributed by atoms with Crippen molar-refractivity contribution in [2.75, 3.05) is 6.54 Å². The number of hydrogen-bond donors (Lipinski definition) is 1. The number of hydrogen-bond acceptors (Lipinski definition) is 2. The largest absolute Gasteiger partial charge is 0.321 e. The van der Waals surface area contributed by atoms with E-state index < -0.39 is 0 Å². The lowest BCUT2D eigenvalue weighted by molar-refractivity contribution is -0.130. The normalized spacial score (nSPS) is 25.9. The zero-order chi connectivity index (χ0) is 15.0. The fraction of sp³-hybridized carbons (Fsp3) is 0.588. The molecule has 4 heteroatoms. The second-order valence-corrected chi connectivity index (χ2v) is 6.71. The van der Waals surface area contributed by atoms with Crippen LogP contribution in [-0.4, -0.2) is 23.4 Å². The maximum Gasteiger partial charge on any atom is 0.241 e. The molecule has 1 saturated heterocycles. The summed E-state index contributed by atoms with van der Waals surface area (Å²) >= 11 is 0. The highest BCUT2D eigenvalue weighted by Gasteiger charge is 2.42. The van der Waals surface area contributed by atoms with Gasteiger partial charge in [0.1, 0.15) is 12.0 Å². The molecule has 1 aromatic carbocycles. The van der Waals surface area contributed by atoms with Crippen LogP contribution in [0.25, 0.3) is 0 Å². The summed E-state index contributed by atoms with van der Waals surface area (Å²) in [5.74, 6) is 0.925. The molecule has 2 fully saturated rings. The molecule has 1 saturated carbocycles. The van der Waals surface area contributed by atoms with Crippen molar-refractivity contribution in [2.45, 2.75) is 45.3 Å². The summed E-state index contributed by atoms with van der Waals surface area (Å²) in [6.45, 7) is 4.96. The van der Waals surface area contributed by atoms with Crippen molar-refractivity contribution >= 4 is 5.91 Å². The molecule has 1 aliphatic heterocycles. The van der Waals surface area contributed by atoms with E-state index in [9.17, 15) is 9.18 Å². The van der Waals surface area contributed by atoms with E-state index in [1.54, 1.807) is 12.1 Å². The van der Waals surface area contributed by atoms with Crippen molar-refractivity contribution in [2.24, 2.45) is 11.8 Å². The van der Waals surface area contributed by atoms with Gasteiger partial charge in [0.2, 0.25) is 5.91 Å². The summed E-state index contributed by atoms with van der Waals surface area (Å²) in [6.07, 6.45) is 2.85. The second-order valence-electron chi connectivity index (χ2n) is 6.71. The van der Waals surface area contributed by atoms with E-state index in [0.29, 0.717) is 17.4 Å². The first-order chi connectivity index (χ1) is 10.1. The van der Waals surface area contributed by atoms with Gasteiger partial charge in [-0.05, 0) is 37.2 Å². The van der Waals surface area contributed by atoms with E-state index in [1.807, 2.05) is 11.0 Å². The van der Waals surface area contributed by atoms with Crippen LogP contribution in [0.3, 0.4) is 0 Å². The molecule has 3 rings (SSSR count). The Hall–Kier alpha value is -1.42.